The lowest BCUT2D eigenvalue weighted by Gasteiger charge is -2.11. The molecule has 14 heavy (non-hydrogen) atoms. The Morgan fingerprint density at radius 1 is 1.21 bits per heavy atom. The highest BCUT2D eigenvalue weighted by molar-refractivity contribution is 5.61. The van der Waals surface area contributed by atoms with Crippen LogP contribution in [0.5, 0.6) is 0 Å². The van der Waals surface area contributed by atoms with Crippen LogP contribution in [0.1, 0.15) is 30.9 Å². The number of benzene rings is 1. The van der Waals surface area contributed by atoms with Crippen LogP contribution in [0.3, 0.4) is 0 Å². The molecule has 0 aliphatic rings. The van der Waals surface area contributed by atoms with Gasteiger partial charge in [0, 0.05) is 17.9 Å². The highest BCUT2D eigenvalue weighted by Gasteiger charge is 2.00. The van der Waals surface area contributed by atoms with Crippen LogP contribution < -0.4 is 11.1 Å². The first-order valence-corrected chi connectivity index (χ1v) is 5.25. The number of aryl methyl sites for hydroxylation is 2. The SMILES string of the molecule is CCCCNc1cc(C)c(N)cc1C. The highest BCUT2D eigenvalue weighted by Crippen LogP contribution is 2.21. The molecule has 0 aliphatic heterocycles. The quantitative estimate of drug-likeness (QED) is 0.568. The van der Waals surface area contributed by atoms with Crippen LogP contribution in [-0.2, 0) is 0 Å². The monoisotopic (exact) mass is 192 g/mol. The molecular formula is C12H20N2. The minimum absolute atomic E-state index is 0.878. The van der Waals surface area contributed by atoms with Gasteiger partial charge in [0.1, 0.15) is 0 Å². The fourth-order valence-electron chi connectivity index (χ4n) is 1.43. The third-order valence-corrected chi connectivity index (χ3v) is 2.46. The van der Waals surface area contributed by atoms with Crippen LogP contribution in [-0.4, -0.2) is 6.54 Å². The molecule has 0 aromatic heterocycles. The average Bonchev–Trinajstić information content (AvgIpc) is 2.14. The van der Waals surface area contributed by atoms with Gasteiger partial charge in [-0.25, -0.2) is 0 Å². The Morgan fingerprint density at radius 3 is 2.57 bits per heavy atom. The summed E-state index contributed by atoms with van der Waals surface area (Å²) in [6.07, 6.45) is 2.43. The molecule has 1 aromatic carbocycles. The summed E-state index contributed by atoms with van der Waals surface area (Å²) in [5.41, 5.74) is 10.3. The van der Waals surface area contributed by atoms with Gasteiger partial charge in [-0.15, -0.1) is 0 Å². The Hall–Kier alpha value is -1.18. The second kappa shape index (κ2) is 4.89. The van der Waals surface area contributed by atoms with E-state index < -0.39 is 0 Å². The summed E-state index contributed by atoms with van der Waals surface area (Å²) in [6, 6.07) is 4.16. The van der Waals surface area contributed by atoms with Gasteiger partial charge in [0.25, 0.3) is 0 Å². The lowest BCUT2D eigenvalue weighted by molar-refractivity contribution is 0.833. The molecule has 0 atom stereocenters. The number of nitrogens with two attached hydrogens (primary N) is 1. The predicted molar refractivity (Wildman–Crippen MR) is 63.7 cm³/mol. The van der Waals surface area contributed by atoms with Crippen molar-refractivity contribution in [2.75, 3.05) is 17.6 Å². The van der Waals surface area contributed by atoms with Crippen molar-refractivity contribution in [2.24, 2.45) is 0 Å². The third kappa shape index (κ3) is 2.66. The number of nitrogen functional groups attached to an aromatic ring is 1. The van der Waals surface area contributed by atoms with Gasteiger partial charge >= 0.3 is 0 Å². The minimum atomic E-state index is 0.878. The molecule has 0 bridgehead atoms. The summed E-state index contributed by atoms with van der Waals surface area (Å²) in [5, 5.41) is 3.43. The molecule has 3 N–H and O–H groups in total. The third-order valence-electron chi connectivity index (χ3n) is 2.46. The largest absolute Gasteiger partial charge is 0.399 e. The van der Waals surface area contributed by atoms with E-state index in [1.165, 1.54) is 24.1 Å². The van der Waals surface area contributed by atoms with E-state index in [1.54, 1.807) is 0 Å². The van der Waals surface area contributed by atoms with E-state index in [0.717, 1.165) is 17.8 Å². The van der Waals surface area contributed by atoms with Gasteiger partial charge < -0.3 is 11.1 Å². The molecule has 1 rings (SSSR count). The van der Waals surface area contributed by atoms with Crippen LogP contribution in [0.2, 0.25) is 0 Å². The zero-order valence-corrected chi connectivity index (χ0v) is 9.35. The van der Waals surface area contributed by atoms with Crippen molar-refractivity contribution in [2.45, 2.75) is 33.6 Å². The molecule has 0 amide bonds. The Labute approximate surface area is 86.5 Å². The zero-order valence-electron chi connectivity index (χ0n) is 9.35. The summed E-state index contributed by atoms with van der Waals surface area (Å²) >= 11 is 0. The molecule has 0 fully saturated rings. The molecule has 0 saturated heterocycles. The Bertz CT molecular complexity index is 305. The van der Waals surface area contributed by atoms with Gasteiger partial charge in [-0.2, -0.15) is 0 Å². The first-order chi connectivity index (χ1) is 6.65. The lowest BCUT2D eigenvalue weighted by atomic mass is 10.1. The maximum atomic E-state index is 5.82. The molecule has 78 valence electrons. The molecule has 0 saturated carbocycles. The Morgan fingerprint density at radius 2 is 1.93 bits per heavy atom. The molecule has 2 nitrogen and oxygen atoms in total. The van der Waals surface area contributed by atoms with Crippen LogP contribution in [0.4, 0.5) is 11.4 Å². The molecule has 0 heterocycles. The lowest BCUT2D eigenvalue weighted by Crippen LogP contribution is -2.03. The Kier molecular flexibility index (Phi) is 3.81. The second-order valence-corrected chi connectivity index (χ2v) is 3.80. The van der Waals surface area contributed by atoms with Crippen molar-refractivity contribution in [1.29, 1.82) is 0 Å². The number of anilines is 2. The van der Waals surface area contributed by atoms with Crippen molar-refractivity contribution in [3.63, 3.8) is 0 Å². The van der Waals surface area contributed by atoms with Crippen molar-refractivity contribution in [3.8, 4) is 0 Å². The fraction of sp³-hybridized carbons (Fsp3) is 0.500. The topological polar surface area (TPSA) is 38.0 Å². The van der Waals surface area contributed by atoms with Crippen LogP contribution in [0.15, 0.2) is 12.1 Å². The van der Waals surface area contributed by atoms with Crippen molar-refractivity contribution in [3.05, 3.63) is 23.3 Å². The summed E-state index contributed by atoms with van der Waals surface area (Å²) in [4.78, 5) is 0. The van der Waals surface area contributed by atoms with E-state index in [4.69, 9.17) is 5.73 Å². The molecule has 0 radical (unpaired) electrons. The van der Waals surface area contributed by atoms with E-state index in [0.29, 0.717) is 0 Å². The van der Waals surface area contributed by atoms with Crippen LogP contribution >= 0.6 is 0 Å². The smallest absolute Gasteiger partial charge is 0.0374 e. The van der Waals surface area contributed by atoms with Crippen LogP contribution in [0, 0.1) is 13.8 Å². The average molecular weight is 192 g/mol. The molecule has 0 unspecified atom stereocenters. The summed E-state index contributed by atoms with van der Waals surface area (Å²) in [6.45, 7) is 7.37. The predicted octanol–water partition coefficient (Wildman–Crippen LogP) is 3.10. The van der Waals surface area contributed by atoms with Gasteiger partial charge in [-0.05, 0) is 43.5 Å². The van der Waals surface area contributed by atoms with Crippen molar-refractivity contribution in [1.82, 2.24) is 0 Å². The number of rotatable bonds is 4. The zero-order chi connectivity index (χ0) is 10.6. The maximum Gasteiger partial charge on any atom is 0.0374 e. The first kappa shape index (κ1) is 10.9. The molecule has 1 aromatic rings. The van der Waals surface area contributed by atoms with Gasteiger partial charge in [0.05, 0.1) is 0 Å². The van der Waals surface area contributed by atoms with Gasteiger partial charge in [-0.1, -0.05) is 13.3 Å². The fourth-order valence-corrected chi connectivity index (χ4v) is 1.43. The van der Waals surface area contributed by atoms with E-state index in [2.05, 4.69) is 25.2 Å². The second-order valence-electron chi connectivity index (χ2n) is 3.80. The molecule has 2 heteroatoms. The van der Waals surface area contributed by atoms with E-state index in [9.17, 15) is 0 Å². The van der Waals surface area contributed by atoms with E-state index in [-0.39, 0.29) is 0 Å². The molecular weight excluding hydrogens is 172 g/mol. The van der Waals surface area contributed by atoms with E-state index in [1.807, 2.05) is 13.0 Å². The van der Waals surface area contributed by atoms with Gasteiger partial charge in [-0.3, -0.25) is 0 Å². The minimum Gasteiger partial charge on any atom is -0.399 e. The van der Waals surface area contributed by atoms with Gasteiger partial charge in [0.15, 0.2) is 0 Å². The van der Waals surface area contributed by atoms with Gasteiger partial charge in [0.2, 0.25) is 0 Å². The highest BCUT2D eigenvalue weighted by atomic mass is 14.9. The summed E-state index contributed by atoms with van der Waals surface area (Å²) in [7, 11) is 0. The maximum absolute atomic E-state index is 5.82. The number of hydrogen-bond donors (Lipinski definition) is 2. The number of nitrogens with one attached hydrogen (secondary N) is 1. The van der Waals surface area contributed by atoms with Crippen LogP contribution in [0.25, 0.3) is 0 Å². The standard InChI is InChI=1S/C12H20N2/c1-4-5-6-14-12-8-9(2)11(13)7-10(12)3/h7-8,14H,4-6,13H2,1-3H3. The molecule has 0 aliphatic carbocycles. The van der Waals surface area contributed by atoms with Crippen molar-refractivity contribution < 1.29 is 0 Å². The number of hydrogen-bond acceptors (Lipinski definition) is 2. The first-order valence-electron chi connectivity index (χ1n) is 5.25. The number of unbranched alkanes of at least 4 members (excludes halogenated alkanes) is 1. The Balaban J connectivity index is 2.72. The summed E-state index contributed by atoms with van der Waals surface area (Å²) in [5.74, 6) is 0. The van der Waals surface area contributed by atoms with Crippen molar-refractivity contribution >= 4 is 11.4 Å². The normalized spacial score (nSPS) is 10.2. The molecule has 0 spiro atoms. The summed E-state index contributed by atoms with van der Waals surface area (Å²) < 4.78 is 0. The van der Waals surface area contributed by atoms with E-state index >= 15 is 0 Å².